The van der Waals surface area contributed by atoms with Crippen LogP contribution in [0.1, 0.15) is 24.1 Å². The maximum absolute atomic E-state index is 6.05. The molecule has 1 unspecified atom stereocenters. The highest BCUT2D eigenvalue weighted by Crippen LogP contribution is 2.22. The third-order valence-corrected chi connectivity index (χ3v) is 3.53. The van der Waals surface area contributed by atoms with E-state index in [2.05, 4.69) is 30.4 Å². The van der Waals surface area contributed by atoms with E-state index in [0.717, 1.165) is 23.7 Å². The van der Waals surface area contributed by atoms with E-state index in [4.69, 9.17) is 16.3 Å². The Labute approximate surface area is 125 Å². The summed E-state index contributed by atoms with van der Waals surface area (Å²) in [6.45, 7) is 3.05. The second kappa shape index (κ2) is 7.32. The van der Waals surface area contributed by atoms with Crippen molar-refractivity contribution < 1.29 is 4.74 Å². The molecule has 106 valence electrons. The third-order valence-electron chi connectivity index (χ3n) is 3.30. The summed E-state index contributed by atoms with van der Waals surface area (Å²) < 4.78 is 5.21. The lowest BCUT2D eigenvalue weighted by Crippen LogP contribution is -2.22. The van der Waals surface area contributed by atoms with Gasteiger partial charge in [0.2, 0.25) is 0 Å². The Bertz CT molecular complexity index is 539. The second-order valence-corrected chi connectivity index (χ2v) is 5.15. The van der Waals surface area contributed by atoms with Crippen LogP contribution in [-0.4, -0.2) is 13.7 Å². The molecule has 0 spiro atoms. The molecule has 0 radical (unpaired) electrons. The number of benzene rings is 2. The summed E-state index contributed by atoms with van der Waals surface area (Å²) in [6.07, 6.45) is 0.917. The molecule has 0 saturated carbocycles. The lowest BCUT2D eigenvalue weighted by atomic mass is 9.99. The number of hydrogen-bond donors (Lipinski definition) is 1. The van der Waals surface area contributed by atoms with Crippen molar-refractivity contribution in [3.63, 3.8) is 0 Å². The number of nitrogens with one attached hydrogen (secondary N) is 1. The maximum atomic E-state index is 6.05. The van der Waals surface area contributed by atoms with Crippen molar-refractivity contribution in [3.05, 3.63) is 64.7 Å². The highest BCUT2D eigenvalue weighted by Gasteiger charge is 2.11. The summed E-state index contributed by atoms with van der Waals surface area (Å²) in [5.41, 5.74) is 2.49. The predicted molar refractivity (Wildman–Crippen MR) is 84.6 cm³/mol. The Hall–Kier alpha value is -1.51. The van der Waals surface area contributed by atoms with Gasteiger partial charge in [0.1, 0.15) is 5.75 Å². The Balaban J connectivity index is 2.17. The zero-order valence-electron chi connectivity index (χ0n) is 11.9. The minimum Gasteiger partial charge on any atom is -0.497 e. The van der Waals surface area contributed by atoms with Gasteiger partial charge in [-0.25, -0.2) is 0 Å². The molecule has 0 aromatic heterocycles. The molecule has 0 heterocycles. The summed E-state index contributed by atoms with van der Waals surface area (Å²) >= 11 is 6.05. The van der Waals surface area contributed by atoms with Crippen LogP contribution < -0.4 is 10.1 Å². The molecule has 1 atom stereocenters. The molecule has 2 aromatic rings. The minimum absolute atomic E-state index is 0.282. The smallest absolute Gasteiger partial charge is 0.118 e. The number of rotatable bonds is 6. The van der Waals surface area contributed by atoms with Gasteiger partial charge < -0.3 is 10.1 Å². The lowest BCUT2D eigenvalue weighted by molar-refractivity contribution is 0.414. The zero-order chi connectivity index (χ0) is 14.4. The minimum atomic E-state index is 0.282. The fourth-order valence-corrected chi connectivity index (χ4v) is 2.50. The van der Waals surface area contributed by atoms with Gasteiger partial charge in [0.15, 0.2) is 0 Å². The molecule has 2 nitrogen and oxygen atoms in total. The summed E-state index contributed by atoms with van der Waals surface area (Å²) in [6, 6.07) is 16.5. The van der Waals surface area contributed by atoms with E-state index in [1.807, 2.05) is 30.3 Å². The van der Waals surface area contributed by atoms with Gasteiger partial charge in [-0.15, -0.1) is 0 Å². The molecule has 0 aliphatic heterocycles. The Kier molecular flexibility index (Phi) is 5.45. The molecular weight excluding hydrogens is 270 g/mol. The van der Waals surface area contributed by atoms with Crippen LogP contribution >= 0.6 is 11.6 Å². The van der Waals surface area contributed by atoms with Crippen molar-refractivity contribution in [1.29, 1.82) is 0 Å². The first-order chi connectivity index (χ1) is 9.72. The van der Waals surface area contributed by atoms with Crippen LogP contribution in [-0.2, 0) is 6.42 Å². The number of methoxy groups -OCH3 is 1. The van der Waals surface area contributed by atoms with Crippen LogP contribution in [0.25, 0.3) is 0 Å². The normalized spacial score (nSPS) is 12.2. The van der Waals surface area contributed by atoms with E-state index in [1.54, 1.807) is 7.11 Å². The van der Waals surface area contributed by atoms with E-state index in [-0.39, 0.29) is 6.04 Å². The van der Waals surface area contributed by atoms with Crippen LogP contribution in [0.15, 0.2) is 48.5 Å². The van der Waals surface area contributed by atoms with Gasteiger partial charge in [-0.3, -0.25) is 0 Å². The largest absolute Gasteiger partial charge is 0.497 e. The van der Waals surface area contributed by atoms with Crippen LogP contribution in [0.2, 0.25) is 5.02 Å². The first-order valence-corrected chi connectivity index (χ1v) is 7.22. The standard InChI is InChI=1S/C17H20ClNO/c1-3-19-17(12-13-5-4-6-15(18)11-13)14-7-9-16(20-2)10-8-14/h4-11,17,19H,3,12H2,1-2H3. The van der Waals surface area contributed by atoms with Crippen LogP contribution in [0.5, 0.6) is 5.75 Å². The van der Waals surface area contributed by atoms with Gasteiger partial charge in [0, 0.05) is 11.1 Å². The fourth-order valence-electron chi connectivity index (χ4n) is 2.29. The monoisotopic (exact) mass is 289 g/mol. The highest BCUT2D eigenvalue weighted by atomic mass is 35.5. The van der Waals surface area contributed by atoms with E-state index < -0.39 is 0 Å². The van der Waals surface area contributed by atoms with Crippen LogP contribution in [0, 0.1) is 0 Å². The van der Waals surface area contributed by atoms with E-state index in [1.165, 1.54) is 11.1 Å². The van der Waals surface area contributed by atoms with Crippen LogP contribution in [0.4, 0.5) is 0 Å². The summed E-state index contributed by atoms with van der Waals surface area (Å²) in [4.78, 5) is 0. The molecule has 1 N–H and O–H groups in total. The van der Waals surface area contributed by atoms with Crippen LogP contribution in [0.3, 0.4) is 0 Å². The number of ether oxygens (including phenoxy) is 1. The predicted octanol–water partition coefficient (Wildman–Crippen LogP) is 4.24. The molecule has 0 aliphatic carbocycles. The summed E-state index contributed by atoms with van der Waals surface area (Å²) in [5.74, 6) is 0.881. The van der Waals surface area contributed by atoms with Crippen molar-refractivity contribution in [2.45, 2.75) is 19.4 Å². The molecule has 0 bridgehead atoms. The van der Waals surface area contributed by atoms with Crippen molar-refractivity contribution in [3.8, 4) is 5.75 Å². The molecule has 0 amide bonds. The molecule has 0 fully saturated rings. The zero-order valence-corrected chi connectivity index (χ0v) is 12.7. The van der Waals surface area contributed by atoms with Crippen molar-refractivity contribution >= 4 is 11.6 Å². The van der Waals surface area contributed by atoms with Gasteiger partial charge in [0.05, 0.1) is 7.11 Å². The average molecular weight is 290 g/mol. The van der Waals surface area contributed by atoms with Gasteiger partial charge in [-0.05, 0) is 48.4 Å². The lowest BCUT2D eigenvalue weighted by Gasteiger charge is -2.19. The Morgan fingerprint density at radius 3 is 2.50 bits per heavy atom. The summed E-state index contributed by atoms with van der Waals surface area (Å²) in [7, 11) is 1.68. The Morgan fingerprint density at radius 2 is 1.90 bits per heavy atom. The van der Waals surface area contributed by atoms with Gasteiger partial charge >= 0.3 is 0 Å². The van der Waals surface area contributed by atoms with E-state index in [0.29, 0.717) is 0 Å². The molecule has 20 heavy (non-hydrogen) atoms. The Morgan fingerprint density at radius 1 is 1.15 bits per heavy atom. The van der Waals surface area contributed by atoms with E-state index in [9.17, 15) is 0 Å². The molecular formula is C17H20ClNO. The molecule has 0 aliphatic rings. The number of hydrogen-bond acceptors (Lipinski definition) is 2. The second-order valence-electron chi connectivity index (χ2n) is 4.72. The maximum Gasteiger partial charge on any atom is 0.118 e. The van der Waals surface area contributed by atoms with Crippen molar-refractivity contribution in [2.24, 2.45) is 0 Å². The average Bonchev–Trinajstić information content (AvgIpc) is 2.47. The molecule has 3 heteroatoms. The SMILES string of the molecule is CCNC(Cc1cccc(Cl)c1)c1ccc(OC)cc1. The van der Waals surface area contributed by atoms with Crippen molar-refractivity contribution in [2.75, 3.05) is 13.7 Å². The fraction of sp³-hybridized carbons (Fsp3) is 0.294. The number of halogens is 1. The number of likely N-dealkylation sites (N-methyl/N-ethyl adjacent to an activating group) is 1. The highest BCUT2D eigenvalue weighted by molar-refractivity contribution is 6.30. The first-order valence-electron chi connectivity index (χ1n) is 6.84. The third kappa shape index (κ3) is 3.99. The molecule has 2 aromatic carbocycles. The first kappa shape index (κ1) is 14.9. The quantitative estimate of drug-likeness (QED) is 0.859. The van der Waals surface area contributed by atoms with Gasteiger partial charge in [-0.1, -0.05) is 42.8 Å². The topological polar surface area (TPSA) is 21.3 Å². The summed E-state index contributed by atoms with van der Waals surface area (Å²) in [5, 5.41) is 4.31. The van der Waals surface area contributed by atoms with Gasteiger partial charge in [0.25, 0.3) is 0 Å². The molecule has 0 saturated heterocycles. The molecule has 2 rings (SSSR count). The van der Waals surface area contributed by atoms with Gasteiger partial charge in [-0.2, -0.15) is 0 Å². The van der Waals surface area contributed by atoms with E-state index >= 15 is 0 Å². The van der Waals surface area contributed by atoms with Crippen molar-refractivity contribution in [1.82, 2.24) is 5.32 Å².